The third-order valence-corrected chi connectivity index (χ3v) is 6.24. The third-order valence-electron chi connectivity index (χ3n) is 3.34. The van der Waals surface area contributed by atoms with Crippen molar-refractivity contribution < 1.29 is 4.79 Å². The van der Waals surface area contributed by atoms with Crippen LogP contribution in [0.1, 0.15) is 17.4 Å². The smallest absolute Gasteiger partial charge is 0.233 e. The van der Waals surface area contributed by atoms with Crippen molar-refractivity contribution in [3.05, 3.63) is 52.2 Å². The minimum Gasteiger partial charge on any atom is -0.350 e. The summed E-state index contributed by atoms with van der Waals surface area (Å²) < 4.78 is 0.772. The van der Waals surface area contributed by atoms with E-state index in [1.807, 2.05) is 49.6 Å². The minimum atomic E-state index is -0.222. The zero-order valence-corrected chi connectivity index (χ0v) is 16.3. The van der Waals surface area contributed by atoms with Gasteiger partial charge in [-0.1, -0.05) is 41.3 Å². The van der Waals surface area contributed by atoms with Gasteiger partial charge in [-0.05, 0) is 43.0 Å². The predicted octanol–water partition coefficient (Wildman–Crippen LogP) is 4.45. The maximum Gasteiger partial charge on any atom is 0.233 e. The molecule has 0 aliphatic rings. The van der Waals surface area contributed by atoms with Crippen molar-refractivity contribution in [2.45, 2.75) is 30.0 Å². The maximum absolute atomic E-state index is 12.2. The summed E-state index contributed by atoms with van der Waals surface area (Å²) in [7, 11) is 0. The summed E-state index contributed by atoms with van der Waals surface area (Å²) in [5.74, 6) is 0.00166. The van der Waals surface area contributed by atoms with Gasteiger partial charge >= 0.3 is 0 Å². The Morgan fingerprint density at radius 2 is 2.16 bits per heavy atom. The lowest BCUT2D eigenvalue weighted by atomic mass is 10.2. The number of hydrogen-bond acceptors (Lipinski definition) is 7. The van der Waals surface area contributed by atoms with Gasteiger partial charge in [-0.2, -0.15) is 0 Å². The van der Waals surface area contributed by atoms with E-state index in [2.05, 4.69) is 26.9 Å². The summed E-state index contributed by atoms with van der Waals surface area (Å²) in [6.07, 6.45) is 0. The molecular formula is C17H18N4OS3. The van der Waals surface area contributed by atoms with Crippen LogP contribution in [0.5, 0.6) is 0 Å². The van der Waals surface area contributed by atoms with Crippen molar-refractivity contribution in [3.63, 3.8) is 0 Å². The highest BCUT2D eigenvalue weighted by molar-refractivity contribution is 8.02. The molecule has 25 heavy (non-hydrogen) atoms. The number of carbonyl (C=O) groups excluding carboxylic acids is 1. The molecule has 0 fully saturated rings. The van der Waals surface area contributed by atoms with E-state index >= 15 is 0 Å². The minimum absolute atomic E-state index is 0.00166. The molecule has 3 rings (SSSR count). The number of aromatic nitrogens is 2. The van der Waals surface area contributed by atoms with E-state index in [-0.39, 0.29) is 11.2 Å². The maximum atomic E-state index is 12.2. The van der Waals surface area contributed by atoms with E-state index in [9.17, 15) is 4.79 Å². The van der Waals surface area contributed by atoms with Crippen molar-refractivity contribution in [3.8, 4) is 0 Å². The van der Waals surface area contributed by atoms with Gasteiger partial charge in [-0.3, -0.25) is 4.79 Å². The second-order valence-corrected chi connectivity index (χ2v) is 9.02. The van der Waals surface area contributed by atoms with Crippen LogP contribution in [0, 0.1) is 6.92 Å². The van der Waals surface area contributed by atoms with Crippen molar-refractivity contribution in [1.29, 1.82) is 0 Å². The van der Waals surface area contributed by atoms with Crippen LogP contribution in [0.15, 0.2) is 46.1 Å². The molecule has 3 aromatic rings. The summed E-state index contributed by atoms with van der Waals surface area (Å²) in [5.41, 5.74) is 2.16. The van der Waals surface area contributed by atoms with Crippen LogP contribution >= 0.6 is 34.4 Å². The molecule has 0 saturated carbocycles. The number of amides is 1. The van der Waals surface area contributed by atoms with Crippen LogP contribution in [0.3, 0.4) is 0 Å². The molecule has 130 valence electrons. The zero-order chi connectivity index (χ0) is 17.6. The van der Waals surface area contributed by atoms with Gasteiger partial charge in [0.15, 0.2) is 4.34 Å². The second-order valence-electron chi connectivity index (χ2n) is 5.42. The van der Waals surface area contributed by atoms with Gasteiger partial charge < -0.3 is 10.6 Å². The molecule has 0 aliphatic carbocycles. The van der Waals surface area contributed by atoms with Crippen molar-refractivity contribution in [2.24, 2.45) is 0 Å². The molecule has 8 heteroatoms. The highest BCUT2D eigenvalue weighted by Gasteiger charge is 2.17. The van der Waals surface area contributed by atoms with E-state index in [1.165, 1.54) is 28.7 Å². The summed E-state index contributed by atoms with van der Waals surface area (Å²) in [6, 6.07) is 12.1. The molecular weight excluding hydrogens is 372 g/mol. The number of hydrogen-bond donors (Lipinski definition) is 2. The number of carbonyl (C=O) groups is 1. The van der Waals surface area contributed by atoms with E-state index in [4.69, 9.17) is 0 Å². The number of anilines is 2. The molecule has 0 unspecified atom stereocenters. The van der Waals surface area contributed by atoms with Crippen LogP contribution in [-0.2, 0) is 11.3 Å². The molecule has 2 N–H and O–H groups in total. The monoisotopic (exact) mass is 390 g/mol. The lowest BCUT2D eigenvalue weighted by molar-refractivity contribution is -0.120. The first-order chi connectivity index (χ1) is 12.1. The van der Waals surface area contributed by atoms with E-state index in [1.54, 1.807) is 11.3 Å². The number of nitrogens with zero attached hydrogens (tertiary/aromatic N) is 2. The number of thioether (sulfide) groups is 1. The van der Waals surface area contributed by atoms with Gasteiger partial charge in [0.05, 0.1) is 11.8 Å². The molecule has 0 radical (unpaired) electrons. The number of rotatable bonds is 7. The number of aryl methyl sites for hydroxylation is 1. The van der Waals surface area contributed by atoms with Gasteiger partial charge in [-0.15, -0.1) is 21.5 Å². The lowest BCUT2D eigenvalue weighted by Crippen LogP contribution is -2.30. The summed E-state index contributed by atoms with van der Waals surface area (Å²) in [4.78, 5) is 13.3. The van der Waals surface area contributed by atoms with Gasteiger partial charge in [0, 0.05) is 10.6 Å². The topological polar surface area (TPSA) is 66.9 Å². The van der Waals surface area contributed by atoms with Gasteiger partial charge in [0.2, 0.25) is 11.0 Å². The predicted molar refractivity (Wildman–Crippen MR) is 106 cm³/mol. The third kappa shape index (κ3) is 5.29. The molecule has 0 bridgehead atoms. The first-order valence-electron chi connectivity index (χ1n) is 7.74. The first-order valence-corrected chi connectivity index (χ1v) is 10.3. The molecule has 0 spiro atoms. The van der Waals surface area contributed by atoms with Crippen molar-refractivity contribution in [2.75, 3.05) is 5.32 Å². The molecule has 0 saturated heterocycles. The Bertz CT molecular complexity index is 832. The Labute approximate surface area is 158 Å². The van der Waals surface area contributed by atoms with Crippen LogP contribution in [-0.4, -0.2) is 21.4 Å². The van der Waals surface area contributed by atoms with Gasteiger partial charge in [-0.25, -0.2) is 0 Å². The van der Waals surface area contributed by atoms with E-state index < -0.39 is 0 Å². The standard InChI is InChI=1S/C17H18N4OS3/c1-11-5-3-6-13(9-11)19-16-20-21-17(25-16)24-12(2)15(22)18-10-14-7-4-8-23-14/h3-9,12H,10H2,1-2H3,(H,18,22)(H,19,20)/t12-/m0/s1. The van der Waals surface area contributed by atoms with Gasteiger partial charge in [0.1, 0.15) is 0 Å². The van der Waals surface area contributed by atoms with Crippen molar-refractivity contribution in [1.82, 2.24) is 15.5 Å². The largest absolute Gasteiger partial charge is 0.350 e. The highest BCUT2D eigenvalue weighted by Crippen LogP contribution is 2.30. The van der Waals surface area contributed by atoms with Crippen molar-refractivity contribution >= 4 is 51.2 Å². The summed E-state index contributed by atoms with van der Waals surface area (Å²) in [5, 5.41) is 17.0. The van der Waals surface area contributed by atoms with Gasteiger partial charge in [0.25, 0.3) is 0 Å². The Morgan fingerprint density at radius 1 is 1.28 bits per heavy atom. The Balaban J connectivity index is 1.52. The average molecular weight is 391 g/mol. The normalized spacial score (nSPS) is 11.9. The number of thiophene rings is 1. The summed E-state index contributed by atoms with van der Waals surface area (Å²) in [6.45, 7) is 4.49. The molecule has 0 aliphatic heterocycles. The second kappa shape index (κ2) is 8.46. The van der Waals surface area contributed by atoms with E-state index in [0.29, 0.717) is 6.54 Å². The van der Waals surface area contributed by atoms with Crippen LogP contribution in [0.2, 0.25) is 0 Å². The van der Waals surface area contributed by atoms with E-state index in [0.717, 1.165) is 20.0 Å². The molecule has 5 nitrogen and oxygen atoms in total. The fraction of sp³-hybridized carbons (Fsp3) is 0.235. The molecule has 2 aromatic heterocycles. The Morgan fingerprint density at radius 3 is 2.92 bits per heavy atom. The SMILES string of the molecule is Cc1cccc(Nc2nnc(S[C@@H](C)C(=O)NCc3cccs3)s2)c1. The first kappa shape index (κ1) is 17.9. The molecule has 1 amide bonds. The fourth-order valence-corrected chi connectivity index (χ4v) is 4.68. The average Bonchev–Trinajstić information content (AvgIpc) is 3.24. The lowest BCUT2D eigenvalue weighted by Gasteiger charge is -2.09. The highest BCUT2D eigenvalue weighted by atomic mass is 32.2. The van der Waals surface area contributed by atoms with Crippen LogP contribution < -0.4 is 10.6 Å². The Hall–Kier alpha value is -1.90. The molecule has 1 atom stereocenters. The summed E-state index contributed by atoms with van der Waals surface area (Å²) >= 11 is 4.50. The Kier molecular flexibility index (Phi) is 6.06. The zero-order valence-electron chi connectivity index (χ0n) is 13.9. The molecule has 2 heterocycles. The van der Waals surface area contributed by atoms with Crippen LogP contribution in [0.4, 0.5) is 10.8 Å². The quantitative estimate of drug-likeness (QED) is 0.584. The fourth-order valence-electron chi connectivity index (χ4n) is 2.09. The number of benzene rings is 1. The van der Waals surface area contributed by atoms with Crippen LogP contribution in [0.25, 0.3) is 0 Å². The molecule has 1 aromatic carbocycles. The number of nitrogens with one attached hydrogen (secondary N) is 2.